The molecule has 0 aliphatic heterocycles. The summed E-state index contributed by atoms with van der Waals surface area (Å²) in [5, 5.41) is 6.35. The molecular formula is C18H24N2. The van der Waals surface area contributed by atoms with Gasteiger partial charge in [-0.3, -0.25) is 4.98 Å². The molecule has 3 rings (SSSR count). The number of benzene rings is 1. The number of nitrogens with zero attached hydrogens (tertiary/aromatic N) is 1. The lowest BCUT2D eigenvalue weighted by Crippen LogP contribution is -2.33. The number of fused-ring (bicyclic) bond motifs is 1. The summed E-state index contributed by atoms with van der Waals surface area (Å²) < 4.78 is 0. The highest BCUT2D eigenvalue weighted by atomic mass is 14.9. The normalized spacial score (nSPS) is 23.6. The zero-order chi connectivity index (χ0) is 13.8. The molecule has 0 spiro atoms. The molecule has 1 aliphatic rings. The van der Waals surface area contributed by atoms with E-state index in [1.807, 2.05) is 12.4 Å². The lowest BCUT2D eigenvalue weighted by Gasteiger charge is -2.23. The molecular weight excluding hydrogens is 244 g/mol. The first-order valence-electron chi connectivity index (χ1n) is 7.89. The van der Waals surface area contributed by atoms with Gasteiger partial charge in [-0.2, -0.15) is 0 Å². The van der Waals surface area contributed by atoms with Crippen molar-refractivity contribution in [3.05, 3.63) is 42.2 Å². The Morgan fingerprint density at radius 2 is 1.95 bits per heavy atom. The topological polar surface area (TPSA) is 24.9 Å². The van der Waals surface area contributed by atoms with E-state index in [1.165, 1.54) is 48.4 Å². The van der Waals surface area contributed by atoms with Gasteiger partial charge in [0.15, 0.2) is 0 Å². The van der Waals surface area contributed by atoms with E-state index < -0.39 is 0 Å². The van der Waals surface area contributed by atoms with E-state index in [9.17, 15) is 0 Å². The van der Waals surface area contributed by atoms with Gasteiger partial charge in [-0.15, -0.1) is 0 Å². The zero-order valence-electron chi connectivity index (χ0n) is 12.3. The van der Waals surface area contributed by atoms with Gasteiger partial charge in [-0.05, 0) is 29.7 Å². The Kier molecular flexibility index (Phi) is 4.31. The fourth-order valence-electron chi connectivity index (χ4n) is 3.36. The summed E-state index contributed by atoms with van der Waals surface area (Å²) in [4.78, 5) is 4.37. The number of aromatic nitrogens is 1. The van der Waals surface area contributed by atoms with Crippen LogP contribution in [0.3, 0.4) is 0 Å². The maximum absolute atomic E-state index is 4.37. The van der Waals surface area contributed by atoms with Gasteiger partial charge < -0.3 is 5.32 Å². The van der Waals surface area contributed by atoms with E-state index in [2.05, 4.69) is 41.5 Å². The highest BCUT2D eigenvalue weighted by molar-refractivity contribution is 5.84. The predicted molar refractivity (Wildman–Crippen MR) is 84.6 cm³/mol. The number of nitrogens with one attached hydrogen (secondary N) is 1. The van der Waals surface area contributed by atoms with Gasteiger partial charge in [0.25, 0.3) is 0 Å². The molecule has 2 atom stereocenters. The molecule has 2 unspecified atom stereocenters. The number of rotatable bonds is 3. The lowest BCUT2D eigenvalue weighted by molar-refractivity contribution is 0.356. The number of hydrogen-bond acceptors (Lipinski definition) is 2. The second kappa shape index (κ2) is 6.36. The highest BCUT2D eigenvalue weighted by Crippen LogP contribution is 2.24. The zero-order valence-corrected chi connectivity index (χ0v) is 12.3. The molecule has 0 bridgehead atoms. The van der Waals surface area contributed by atoms with Gasteiger partial charge in [0, 0.05) is 30.4 Å². The van der Waals surface area contributed by atoms with Crippen molar-refractivity contribution in [3.8, 4) is 0 Å². The standard InChI is InChI=1S/C18H24N2/c1-14-7-3-2-4-10-18(14)20-13-16-12-19-11-15-8-5-6-9-17(15)16/h5-6,8-9,11-12,14,18,20H,2-4,7,10,13H2,1H3. The molecule has 0 amide bonds. The third kappa shape index (κ3) is 3.01. The van der Waals surface area contributed by atoms with Crippen molar-refractivity contribution >= 4 is 10.8 Å². The summed E-state index contributed by atoms with van der Waals surface area (Å²) in [6.45, 7) is 3.33. The first-order chi connectivity index (χ1) is 9.84. The minimum Gasteiger partial charge on any atom is -0.310 e. The largest absolute Gasteiger partial charge is 0.310 e. The number of hydrogen-bond donors (Lipinski definition) is 1. The van der Waals surface area contributed by atoms with Gasteiger partial charge in [-0.25, -0.2) is 0 Å². The first kappa shape index (κ1) is 13.6. The maximum Gasteiger partial charge on any atom is 0.0346 e. The monoisotopic (exact) mass is 268 g/mol. The van der Waals surface area contributed by atoms with E-state index in [1.54, 1.807) is 0 Å². The van der Waals surface area contributed by atoms with Crippen molar-refractivity contribution < 1.29 is 0 Å². The van der Waals surface area contributed by atoms with E-state index in [4.69, 9.17) is 0 Å². The summed E-state index contributed by atoms with van der Waals surface area (Å²) >= 11 is 0. The molecule has 1 fully saturated rings. The van der Waals surface area contributed by atoms with Crippen LogP contribution in [0.4, 0.5) is 0 Å². The van der Waals surface area contributed by atoms with Gasteiger partial charge in [0.05, 0.1) is 0 Å². The Morgan fingerprint density at radius 1 is 1.10 bits per heavy atom. The summed E-state index contributed by atoms with van der Waals surface area (Å²) in [5.74, 6) is 0.792. The SMILES string of the molecule is CC1CCCCCC1NCc1cncc2ccccc12. The third-order valence-electron chi connectivity index (χ3n) is 4.67. The quantitative estimate of drug-likeness (QED) is 0.840. The molecule has 1 N–H and O–H groups in total. The summed E-state index contributed by atoms with van der Waals surface area (Å²) in [6, 6.07) is 9.19. The summed E-state index contributed by atoms with van der Waals surface area (Å²) in [6.07, 6.45) is 10.8. The predicted octanol–water partition coefficient (Wildman–Crippen LogP) is 4.29. The molecule has 2 aromatic rings. The van der Waals surface area contributed by atoms with Crippen molar-refractivity contribution in [1.29, 1.82) is 0 Å². The lowest BCUT2D eigenvalue weighted by atomic mass is 9.96. The molecule has 1 saturated carbocycles. The van der Waals surface area contributed by atoms with Crippen LogP contribution < -0.4 is 5.32 Å². The smallest absolute Gasteiger partial charge is 0.0346 e. The molecule has 1 aromatic carbocycles. The highest BCUT2D eigenvalue weighted by Gasteiger charge is 2.19. The average molecular weight is 268 g/mol. The van der Waals surface area contributed by atoms with Crippen LogP contribution in [0.25, 0.3) is 10.8 Å². The fraction of sp³-hybridized carbons (Fsp3) is 0.500. The number of pyridine rings is 1. The van der Waals surface area contributed by atoms with Crippen LogP contribution in [-0.4, -0.2) is 11.0 Å². The second-order valence-corrected chi connectivity index (χ2v) is 6.12. The van der Waals surface area contributed by atoms with E-state index in [0.717, 1.165) is 12.5 Å². The fourth-order valence-corrected chi connectivity index (χ4v) is 3.36. The minimum atomic E-state index is 0.663. The van der Waals surface area contributed by atoms with Crippen LogP contribution in [0.1, 0.15) is 44.6 Å². The van der Waals surface area contributed by atoms with Gasteiger partial charge in [0.1, 0.15) is 0 Å². The van der Waals surface area contributed by atoms with Crippen LogP contribution >= 0.6 is 0 Å². The van der Waals surface area contributed by atoms with Crippen LogP contribution in [0.15, 0.2) is 36.7 Å². The van der Waals surface area contributed by atoms with Crippen molar-refractivity contribution in [1.82, 2.24) is 10.3 Å². The molecule has 0 saturated heterocycles. The van der Waals surface area contributed by atoms with E-state index in [-0.39, 0.29) is 0 Å². The molecule has 1 aromatic heterocycles. The molecule has 2 heteroatoms. The van der Waals surface area contributed by atoms with Crippen molar-refractivity contribution in [3.63, 3.8) is 0 Å². The Bertz CT molecular complexity index is 559. The van der Waals surface area contributed by atoms with E-state index >= 15 is 0 Å². The first-order valence-corrected chi connectivity index (χ1v) is 7.89. The van der Waals surface area contributed by atoms with Crippen molar-refractivity contribution in [2.24, 2.45) is 5.92 Å². The van der Waals surface area contributed by atoms with Crippen molar-refractivity contribution in [2.45, 2.75) is 51.6 Å². The Morgan fingerprint density at radius 3 is 2.90 bits per heavy atom. The van der Waals surface area contributed by atoms with Gasteiger partial charge in [-0.1, -0.05) is 50.5 Å². The Hall–Kier alpha value is -1.41. The Labute approximate surface area is 121 Å². The van der Waals surface area contributed by atoms with Crippen LogP contribution in [0.5, 0.6) is 0 Å². The van der Waals surface area contributed by atoms with Crippen LogP contribution in [-0.2, 0) is 6.54 Å². The third-order valence-corrected chi connectivity index (χ3v) is 4.67. The Balaban J connectivity index is 1.73. The molecule has 1 aliphatic carbocycles. The molecule has 1 heterocycles. The minimum absolute atomic E-state index is 0.663. The maximum atomic E-state index is 4.37. The van der Waals surface area contributed by atoms with Crippen LogP contribution in [0, 0.1) is 5.92 Å². The van der Waals surface area contributed by atoms with Gasteiger partial charge in [0.2, 0.25) is 0 Å². The van der Waals surface area contributed by atoms with Crippen LogP contribution in [0.2, 0.25) is 0 Å². The van der Waals surface area contributed by atoms with Crippen molar-refractivity contribution in [2.75, 3.05) is 0 Å². The molecule has 0 radical (unpaired) electrons. The molecule has 106 valence electrons. The molecule has 20 heavy (non-hydrogen) atoms. The van der Waals surface area contributed by atoms with E-state index in [0.29, 0.717) is 6.04 Å². The molecule has 2 nitrogen and oxygen atoms in total. The summed E-state index contributed by atoms with van der Waals surface area (Å²) in [5.41, 5.74) is 1.32. The van der Waals surface area contributed by atoms with Gasteiger partial charge >= 0.3 is 0 Å². The average Bonchev–Trinajstić information content (AvgIpc) is 2.69. The second-order valence-electron chi connectivity index (χ2n) is 6.12. The summed E-state index contributed by atoms with van der Waals surface area (Å²) in [7, 11) is 0.